The molecule has 0 saturated carbocycles. The van der Waals surface area contributed by atoms with E-state index in [4.69, 9.17) is 10.00 Å². The van der Waals surface area contributed by atoms with Crippen molar-refractivity contribution >= 4 is 0 Å². The second kappa shape index (κ2) is 3.00. The van der Waals surface area contributed by atoms with Crippen LogP contribution in [0.4, 0.5) is 0 Å². The lowest BCUT2D eigenvalue weighted by atomic mass is 9.94. The first kappa shape index (κ1) is 7.52. The monoisotopic (exact) mass is 141 g/mol. The molecule has 1 heterocycles. The van der Waals surface area contributed by atoms with E-state index in [1.165, 1.54) is 0 Å². The molecule has 3 heteroatoms. The van der Waals surface area contributed by atoms with Crippen molar-refractivity contribution in [1.29, 1.82) is 5.26 Å². The van der Waals surface area contributed by atoms with Gasteiger partial charge in [0, 0.05) is 6.61 Å². The van der Waals surface area contributed by atoms with E-state index in [1.807, 2.05) is 6.07 Å². The van der Waals surface area contributed by atoms with Crippen LogP contribution in [0.3, 0.4) is 0 Å². The zero-order valence-electron chi connectivity index (χ0n) is 5.84. The van der Waals surface area contributed by atoms with E-state index >= 15 is 0 Å². The predicted octanol–water partition coefficient (Wildman–Crippen LogP) is 0.442. The fraction of sp³-hybridized carbons (Fsp3) is 0.857. The average molecular weight is 141 g/mol. The summed E-state index contributed by atoms with van der Waals surface area (Å²) in [5.41, 5.74) is -0.854. The summed E-state index contributed by atoms with van der Waals surface area (Å²) in [7, 11) is 0. The van der Waals surface area contributed by atoms with Crippen LogP contribution in [0.15, 0.2) is 0 Å². The maximum absolute atomic E-state index is 9.52. The molecule has 0 aliphatic carbocycles. The number of hydrogen-bond acceptors (Lipinski definition) is 3. The van der Waals surface area contributed by atoms with Crippen LogP contribution in [0.5, 0.6) is 0 Å². The Bertz CT molecular complexity index is 144. The third-order valence-electron chi connectivity index (χ3n) is 1.71. The van der Waals surface area contributed by atoms with E-state index in [0.717, 1.165) is 6.42 Å². The first-order valence-corrected chi connectivity index (χ1v) is 3.44. The summed E-state index contributed by atoms with van der Waals surface area (Å²) >= 11 is 0. The van der Waals surface area contributed by atoms with Gasteiger partial charge in [0.15, 0.2) is 0 Å². The maximum atomic E-state index is 9.52. The lowest BCUT2D eigenvalue weighted by Gasteiger charge is -2.29. The highest BCUT2D eigenvalue weighted by Gasteiger charge is 2.29. The van der Waals surface area contributed by atoms with Crippen LogP contribution in [-0.4, -0.2) is 23.9 Å². The summed E-state index contributed by atoms with van der Waals surface area (Å²) < 4.78 is 5.04. The molecule has 0 radical (unpaired) electrons. The topological polar surface area (TPSA) is 53.2 Å². The van der Waals surface area contributed by atoms with Gasteiger partial charge in [-0.25, -0.2) is 0 Å². The Kier molecular flexibility index (Phi) is 2.25. The second-order valence-electron chi connectivity index (χ2n) is 2.72. The van der Waals surface area contributed by atoms with E-state index < -0.39 is 5.60 Å². The van der Waals surface area contributed by atoms with Gasteiger partial charge in [0.1, 0.15) is 5.60 Å². The van der Waals surface area contributed by atoms with E-state index in [9.17, 15) is 5.11 Å². The molecule has 0 amide bonds. The summed E-state index contributed by atoms with van der Waals surface area (Å²) in [6.07, 6.45) is 1.74. The molecule has 0 aromatic rings. The van der Waals surface area contributed by atoms with Crippen LogP contribution < -0.4 is 0 Å². The third kappa shape index (κ3) is 1.69. The quantitative estimate of drug-likeness (QED) is 0.576. The first-order valence-electron chi connectivity index (χ1n) is 3.44. The van der Waals surface area contributed by atoms with Crippen molar-refractivity contribution in [3.8, 4) is 6.07 Å². The molecule has 1 aliphatic rings. The molecule has 0 aromatic carbocycles. The third-order valence-corrected chi connectivity index (χ3v) is 1.71. The number of nitriles is 1. The molecule has 1 N–H and O–H groups in total. The van der Waals surface area contributed by atoms with Crippen LogP contribution in [0.2, 0.25) is 0 Å². The molecule has 3 nitrogen and oxygen atoms in total. The molecular formula is C7H11NO2. The highest BCUT2D eigenvalue weighted by molar-refractivity contribution is 4.90. The average Bonchev–Trinajstić information content (AvgIpc) is 1.89. The van der Waals surface area contributed by atoms with Crippen LogP contribution in [0, 0.1) is 11.3 Å². The molecule has 0 bridgehead atoms. The lowest BCUT2D eigenvalue weighted by Crippen LogP contribution is -2.37. The number of aliphatic hydroxyl groups is 1. The van der Waals surface area contributed by atoms with E-state index in [-0.39, 0.29) is 6.42 Å². The van der Waals surface area contributed by atoms with Crippen LogP contribution in [-0.2, 0) is 4.74 Å². The number of hydrogen-bond donors (Lipinski definition) is 1. The molecule has 10 heavy (non-hydrogen) atoms. The van der Waals surface area contributed by atoms with Crippen molar-refractivity contribution in [3.63, 3.8) is 0 Å². The van der Waals surface area contributed by atoms with Gasteiger partial charge < -0.3 is 9.84 Å². The largest absolute Gasteiger partial charge is 0.386 e. The molecule has 0 spiro atoms. The standard InChI is InChI=1S/C7H11NO2/c8-4-3-7(9)2-1-5-10-6-7/h9H,1-3,5-6H2. The summed E-state index contributed by atoms with van der Waals surface area (Å²) in [6.45, 7) is 1.04. The minimum atomic E-state index is -0.854. The normalized spacial score (nSPS) is 33.2. The van der Waals surface area contributed by atoms with Gasteiger partial charge in [-0.2, -0.15) is 5.26 Å². The maximum Gasteiger partial charge on any atom is 0.101 e. The smallest absolute Gasteiger partial charge is 0.101 e. The zero-order chi connectivity index (χ0) is 7.45. The van der Waals surface area contributed by atoms with Gasteiger partial charge in [-0.05, 0) is 12.8 Å². The Labute approximate surface area is 60.2 Å². The molecule has 1 aliphatic heterocycles. The molecule has 1 atom stereocenters. The summed E-state index contributed by atoms with van der Waals surface area (Å²) in [5, 5.41) is 17.8. The van der Waals surface area contributed by atoms with Gasteiger partial charge in [-0.1, -0.05) is 0 Å². The zero-order valence-corrected chi connectivity index (χ0v) is 5.84. The molecule has 1 saturated heterocycles. The van der Waals surface area contributed by atoms with Gasteiger partial charge in [-0.15, -0.1) is 0 Å². The van der Waals surface area contributed by atoms with Crippen LogP contribution in [0.25, 0.3) is 0 Å². The Morgan fingerprint density at radius 1 is 1.70 bits per heavy atom. The second-order valence-corrected chi connectivity index (χ2v) is 2.72. The highest BCUT2D eigenvalue weighted by atomic mass is 16.5. The van der Waals surface area contributed by atoms with E-state index in [0.29, 0.717) is 19.6 Å². The van der Waals surface area contributed by atoms with Gasteiger partial charge in [0.2, 0.25) is 0 Å². The fourth-order valence-corrected chi connectivity index (χ4v) is 1.12. The lowest BCUT2D eigenvalue weighted by molar-refractivity contribution is -0.0819. The summed E-state index contributed by atoms with van der Waals surface area (Å²) in [6, 6.07) is 1.95. The molecule has 1 unspecified atom stereocenters. The van der Waals surface area contributed by atoms with E-state index in [2.05, 4.69) is 0 Å². The minimum Gasteiger partial charge on any atom is -0.386 e. The van der Waals surface area contributed by atoms with Crippen molar-refractivity contribution in [1.82, 2.24) is 0 Å². The first-order chi connectivity index (χ1) is 4.77. The number of ether oxygens (including phenoxy) is 1. The SMILES string of the molecule is N#CCC1(O)CCCOC1. The number of nitrogens with zero attached hydrogens (tertiary/aromatic N) is 1. The molecule has 56 valence electrons. The molecular weight excluding hydrogens is 130 g/mol. The van der Waals surface area contributed by atoms with Gasteiger partial charge in [0.05, 0.1) is 19.1 Å². The Morgan fingerprint density at radius 2 is 2.50 bits per heavy atom. The Hall–Kier alpha value is -0.590. The molecule has 0 aromatic heterocycles. The van der Waals surface area contributed by atoms with Crippen molar-refractivity contribution in [2.45, 2.75) is 24.9 Å². The van der Waals surface area contributed by atoms with Gasteiger partial charge in [0.25, 0.3) is 0 Å². The highest BCUT2D eigenvalue weighted by Crippen LogP contribution is 2.21. The number of rotatable bonds is 1. The van der Waals surface area contributed by atoms with E-state index in [1.54, 1.807) is 0 Å². The van der Waals surface area contributed by atoms with Crippen molar-refractivity contribution in [3.05, 3.63) is 0 Å². The van der Waals surface area contributed by atoms with Crippen molar-refractivity contribution in [2.24, 2.45) is 0 Å². The van der Waals surface area contributed by atoms with Crippen molar-refractivity contribution < 1.29 is 9.84 Å². The van der Waals surface area contributed by atoms with Crippen LogP contribution >= 0.6 is 0 Å². The Morgan fingerprint density at radius 3 is 3.00 bits per heavy atom. The van der Waals surface area contributed by atoms with Gasteiger partial charge in [-0.3, -0.25) is 0 Å². The van der Waals surface area contributed by atoms with Gasteiger partial charge >= 0.3 is 0 Å². The summed E-state index contributed by atoms with van der Waals surface area (Å²) in [5.74, 6) is 0. The van der Waals surface area contributed by atoms with Crippen molar-refractivity contribution in [2.75, 3.05) is 13.2 Å². The predicted molar refractivity (Wildman–Crippen MR) is 35.2 cm³/mol. The molecule has 1 rings (SSSR count). The van der Waals surface area contributed by atoms with Crippen LogP contribution in [0.1, 0.15) is 19.3 Å². The Balaban J connectivity index is 2.42. The summed E-state index contributed by atoms with van der Waals surface area (Å²) in [4.78, 5) is 0. The molecule has 1 fully saturated rings. The fourth-order valence-electron chi connectivity index (χ4n) is 1.12. The minimum absolute atomic E-state index is 0.188.